The van der Waals surface area contributed by atoms with Crippen LogP contribution >= 0.6 is 11.8 Å². The number of nitrogens with one attached hydrogen (secondary N) is 1. The lowest BCUT2D eigenvalue weighted by molar-refractivity contribution is -0.109. The molecule has 1 N–H and O–H groups in total. The highest BCUT2D eigenvalue weighted by Crippen LogP contribution is 2.41. The number of rotatable bonds is 4. The van der Waals surface area contributed by atoms with Gasteiger partial charge >= 0.3 is 0 Å². The highest BCUT2D eigenvalue weighted by Gasteiger charge is 2.41. The van der Waals surface area contributed by atoms with Crippen LogP contribution in [0, 0.1) is 11.8 Å². The average molecular weight is 271 g/mol. The maximum atomic E-state index is 6.20. The van der Waals surface area contributed by atoms with E-state index in [4.69, 9.17) is 4.74 Å². The molecule has 1 spiro atoms. The van der Waals surface area contributed by atoms with Crippen molar-refractivity contribution in [2.45, 2.75) is 57.6 Å². The number of ether oxygens (including phenoxy) is 1. The van der Waals surface area contributed by atoms with Crippen LogP contribution in [-0.4, -0.2) is 36.8 Å². The third-order valence-corrected chi connectivity index (χ3v) is 6.02. The van der Waals surface area contributed by atoms with Crippen LogP contribution in [0.5, 0.6) is 0 Å². The summed E-state index contributed by atoms with van der Waals surface area (Å²) in [7, 11) is 2.13. The maximum Gasteiger partial charge on any atom is 0.0701 e. The second kappa shape index (κ2) is 6.62. The predicted molar refractivity (Wildman–Crippen MR) is 80.3 cm³/mol. The molecule has 2 nitrogen and oxygen atoms in total. The molecule has 2 aliphatic heterocycles. The zero-order valence-electron chi connectivity index (χ0n) is 12.2. The van der Waals surface area contributed by atoms with Crippen LogP contribution in [0.15, 0.2) is 0 Å². The maximum absolute atomic E-state index is 6.20. The molecule has 106 valence electrons. The van der Waals surface area contributed by atoms with Gasteiger partial charge < -0.3 is 10.1 Å². The topological polar surface area (TPSA) is 21.3 Å². The Balaban J connectivity index is 2.00. The van der Waals surface area contributed by atoms with E-state index >= 15 is 0 Å². The van der Waals surface area contributed by atoms with Gasteiger partial charge in [-0.1, -0.05) is 20.3 Å². The van der Waals surface area contributed by atoms with Gasteiger partial charge in [0, 0.05) is 12.6 Å². The fraction of sp³-hybridized carbons (Fsp3) is 1.00. The van der Waals surface area contributed by atoms with Crippen molar-refractivity contribution in [2.75, 3.05) is 25.2 Å². The first-order valence-corrected chi connectivity index (χ1v) is 8.75. The Morgan fingerprint density at radius 1 is 1.39 bits per heavy atom. The Morgan fingerprint density at radius 3 is 2.72 bits per heavy atom. The summed E-state index contributed by atoms with van der Waals surface area (Å²) in [4.78, 5) is 0. The molecule has 2 fully saturated rings. The zero-order chi connectivity index (χ0) is 13.0. The summed E-state index contributed by atoms with van der Waals surface area (Å²) in [5.41, 5.74) is 0.233. The molecule has 3 atom stereocenters. The summed E-state index contributed by atoms with van der Waals surface area (Å²) in [6.07, 6.45) is 6.33. The first-order valence-electron chi connectivity index (χ1n) is 7.60. The predicted octanol–water partition coefficient (Wildman–Crippen LogP) is 3.31. The van der Waals surface area contributed by atoms with Crippen LogP contribution in [0.4, 0.5) is 0 Å². The summed E-state index contributed by atoms with van der Waals surface area (Å²) in [5.74, 6) is 4.16. The molecule has 0 radical (unpaired) electrons. The van der Waals surface area contributed by atoms with Gasteiger partial charge in [0.25, 0.3) is 0 Å². The Kier molecular flexibility index (Phi) is 5.40. The molecule has 18 heavy (non-hydrogen) atoms. The summed E-state index contributed by atoms with van der Waals surface area (Å²) in [5, 5.41) is 3.58. The number of hydrogen-bond donors (Lipinski definition) is 1. The molecular formula is C15H29NOS. The van der Waals surface area contributed by atoms with Crippen LogP contribution in [0.3, 0.4) is 0 Å². The summed E-state index contributed by atoms with van der Waals surface area (Å²) >= 11 is 2.09. The molecule has 0 aliphatic carbocycles. The lowest BCUT2D eigenvalue weighted by Crippen LogP contribution is -2.49. The summed E-state index contributed by atoms with van der Waals surface area (Å²) < 4.78 is 6.20. The van der Waals surface area contributed by atoms with E-state index in [1.807, 2.05) is 0 Å². The molecule has 0 amide bonds. The van der Waals surface area contributed by atoms with Gasteiger partial charge in [0.2, 0.25) is 0 Å². The van der Waals surface area contributed by atoms with E-state index in [-0.39, 0.29) is 5.60 Å². The van der Waals surface area contributed by atoms with Gasteiger partial charge in [-0.15, -0.1) is 0 Å². The average Bonchev–Trinajstić information content (AvgIpc) is 2.40. The molecule has 0 aromatic rings. The molecule has 0 bridgehead atoms. The van der Waals surface area contributed by atoms with Crippen LogP contribution in [0.1, 0.15) is 46.0 Å². The van der Waals surface area contributed by atoms with E-state index in [0.717, 1.165) is 18.4 Å². The van der Waals surface area contributed by atoms with Crippen molar-refractivity contribution < 1.29 is 4.74 Å². The van der Waals surface area contributed by atoms with E-state index in [1.165, 1.54) is 43.6 Å². The van der Waals surface area contributed by atoms with E-state index < -0.39 is 0 Å². The van der Waals surface area contributed by atoms with Gasteiger partial charge in [-0.25, -0.2) is 0 Å². The normalized spacial score (nSPS) is 31.2. The van der Waals surface area contributed by atoms with E-state index in [9.17, 15) is 0 Å². The van der Waals surface area contributed by atoms with Gasteiger partial charge in [0.1, 0.15) is 0 Å². The summed E-state index contributed by atoms with van der Waals surface area (Å²) in [6.45, 7) is 5.67. The van der Waals surface area contributed by atoms with Crippen LogP contribution in [-0.2, 0) is 4.74 Å². The van der Waals surface area contributed by atoms with E-state index in [2.05, 4.69) is 38.0 Å². The Hall–Kier alpha value is 0.270. The van der Waals surface area contributed by atoms with Crippen molar-refractivity contribution in [2.24, 2.45) is 11.8 Å². The van der Waals surface area contributed by atoms with Crippen molar-refractivity contribution in [3.8, 4) is 0 Å². The fourth-order valence-corrected chi connectivity index (χ4v) is 4.94. The van der Waals surface area contributed by atoms with Gasteiger partial charge in [0.05, 0.1) is 5.60 Å². The molecule has 0 saturated carbocycles. The fourth-order valence-electron chi connectivity index (χ4n) is 3.70. The first kappa shape index (κ1) is 14.7. The van der Waals surface area contributed by atoms with Crippen molar-refractivity contribution >= 4 is 11.8 Å². The number of hydrogen-bond acceptors (Lipinski definition) is 3. The van der Waals surface area contributed by atoms with Crippen LogP contribution in [0.2, 0.25) is 0 Å². The van der Waals surface area contributed by atoms with E-state index in [1.54, 1.807) is 0 Å². The third-order valence-electron chi connectivity index (χ3n) is 5.03. The molecule has 0 aromatic heterocycles. The minimum Gasteiger partial charge on any atom is -0.375 e. The number of thioether (sulfide) groups is 1. The van der Waals surface area contributed by atoms with Gasteiger partial charge in [-0.2, -0.15) is 11.8 Å². The molecule has 3 heteroatoms. The van der Waals surface area contributed by atoms with Gasteiger partial charge in [-0.05, 0) is 56.1 Å². The highest BCUT2D eigenvalue weighted by atomic mass is 32.2. The first-order chi connectivity index (χ1) is 8.71. The van der Waals surface area contributed by atoms with Crippen molar-refractivity contribution in [1.82, 2.24) is 5.32 Å². The molecule has 0 aromatic carbocycles. The van der Waals surface area contributed by atoms with Crippen molar-refractivity contribution in [3.63, 3.8) is 0 Å². The van der Waals surface area contributed by atoms with Gasteiger partial charge in [0.15, 0.2) is 0 Å². The molecule has 2 saturated heterocycles. The SMILES string of the molecule is CCC(C)C(NC)C1CCOC2(CCSCC2)C1. The standard InChI is InChI=1S/C15H29NOS/c1-4-12(2)14(16-3)13-5-8-17-15(11-13)6-9-18-10-7-15/h12-14,16H,4-11H2,1-3H3. The second-order valence-electron chi connectivity index (χ2n) is 6.10. The minimum absolute atomic E-state index is 0.233. The molecule has 2 aliphatic rings. The molecule has 2 heterocycles. The Morgan fingerprint density at radius 2 is 2.11 bits per heavy atom. The quantitative estimate of drug-likeness (QED) is 0.847. The van der Waals surface area contributed by atoms with Crippen LogP contribution in [0.25, 0.3) is 0 Å². The lowest BCUT2D eigenvalue weighted by Gasteiger charge is -2.46. The summed E-state index contributed by atoms with van der Waals surface area (Å²) in [6, 6.07) is 0.672. The molecular weight excluding hydrogens is 242 g/mol. The Labute approximate surface area is 117 Å². The second-order valence-corrected chi connectivity index (χ2v) is 7.32. The van der Waals surface area contributed by atoms with Crippen LogP contribution < -0.4 is 5.32 Å². The largest absolute Gasteiger partial charge is 0.375 e. The minimum atomic E-state index is 0.233. The smallest absolute Gasteiger partial charge is 0.0701 e. The highest BCUT2D eigenvalue weighted by molar-refractivity contribution is 7.99. The van der Waals surface area contributed by atoms with Crippen molar-refractivity contribution in [1.29, 1.82) is 0 Å². The molecule has 2 rings (SSSR count). The van der Waals surface area contributed by atoms with Gasteiger partial charge in [-0.3, -0.25) is 0 Å². The lowest BCUT2D eigenvalue weighted by atomic mass is 9.75. The van der Waals surface area contributed by atoms with E-state index in [0.29, 0.717) is 6.04 Å². The monoisotopic (exact) mass is 271 g/mol. The van der Waals surface area contributed by atoms with Crippen molar-refractivity contribution in [3.05, 3.63) is 0 Å². The Bertz CT molecular complexity index is 247. The molecule has 3 unspecified atom stereocenters. The zero-order valence-corrected chi connectivity index (χ0v) is 13.0. The third kappa shape index (κ3) is 3.23.